The molecule has 0 bridgehead atoms. The molecule has 0 unspecified atom stereocenters. The zero-order chi connectivity index (χ0) is 18.5. The van der Waals surface area contributed by atoms with Gasteiger partial charge in [-0.05, 0) is 30.7 Å². The normalized spacial score (nSPS) is 13.6. The van der Waals surface area contributed by atoms with Gasteiger partial charge < -0.3 is 14.4 Å². The Morgan fingerprint density at radius 2 is 1.88 bits per heavy atom. The van der Waals surface area contributed by atoms with Gasteiger partial charge in [0, 0.05) is 24.7 Å². The molecule has 1 aliphatic heterocycles. The standard InChI is InChI=1S/C20H22N2O4/c1-25-16-10-11-17(18(13-16)26-2)20(24)22(15-7-4-3-5-8-15)14-21-12-6-9-19(21)23/h3-5,7-8,10-11,13H,6,9,12,14H2,1-2H3. The Labute approximate surface area is 152 Å². The number of para-hydroxylation sites is 1. The van der Waals surface area contributed by atoms with Gasteiger partial charge in [0.2, 0.25) is 5.91 Å². The second kappa shape index (κ2) is 7.91. The molecule has 0 saturated carbocycles. The van der Waals surface area contributed by atoms with E-state index in [1.54, 1.807) is 35.1 Å². The molecule has 26 heavy (non-hydrogen) atoms. The van der Waals surface area contributed by atoms with Crippen molar-refractivity contribution < 1.29 is 19.1 Å². The highest BCUT2D eigenvalue weighted by Gasteiger charge is 2.27. The summed E-state index contributed by atoms with van der Waals surface area (Å²) in [6, 6.07) is 14.4. The fraction of sp³-hybridized carbons (Fsp3) is 0.300. The van der Waals surface area contributed by atoms with E-state index in [-0.39, 0.29) is 18.5 Å². The maximum Gasteiger partial charge on any atom is 0.263 e. The van der Waals surface area contributed by atoms with Crippen LogP contribution in [-0.4, -0.2) is 44.1 Å². The van der Waals surface area contributed by atoms with Crippen LogP contribution in [-0.2, 0) is 4.79 Å². The van der Waals surface area contributed by atoms with E-state index in [2.05, 4.69) is 0 Å². The topological polar surface area (TPSA) is 59.1 Å². The van der Waals surface area contributed by atoms with E-state index in [4.69, 9.17) is 9.47 Å². The highest BCUT2D eigenvalue weighted by molar-refractivity contribution is 6.08. The fourth-order valence-corrected chi connectivity index (χ4v) is 3.02. The Hall–Kier alpha value is -3.02. The summed E-state index contributed by atoms with van der Waals surface area (Å²) in [6.45, 7) is 0.881. The van der Waals surface area contributed by atoms with E-state index < -0.39 is 0 Å². The summed E-state index contributed by atoms with van der Waals surface area (Å²) >= 11 is 0. The Morgan fingerprint density at radius 1 is 1.12 bits per heavy atom. The SMILES string of the molecule is COc1ccc(C(=O)N(CN2CCCC2=O)c2ccccc2)c(OC)c1. The molecule has 0 aromatic heterocycles. The maximum atomic E-state index is 13.3. The zero-order valence-corrected chi connectivity index (χ0v) is 15.0. The Bertz CT molecular complexity index is 792. The van der Waals surface area contributed by atoms with Crippen molar-refractivity contribution in [3.8, 4) is 11.5 Å². The van der Waals surface area contributed by atoms with E-state index in [1.165, 1.54) is 7.11 Å². The Morgan fingerprint density at radius 3 is 2.50 bits per heavy atom. The lowest BCUT2D eigenvalue weighted by Crippen LogP contribution is -2.42. The molecular formula is C20H22N2O4. The molecule has 1 aliphatic rings. The first kappa shape index (κ1) is 17.8. The molecule has 3 rings (SSSR count). The quantitative estimate of drug-likeness (QED) is 0.800. The summed E-state index contributed by atoms with van der Waals surface area (Å²) in [5.74, 6) is 0.887. The maximum absolute atomic E-state index is 13.3. The third-order valence-electron chi connectivity index (χ3n) is 4.44. The molecule has 0 atom stereocenters. The predicted octanol–water partition coefficient (Wildman–Crippen LogP) is 2.93. The number of hydrogen-bond donors (Lipinski definition) is 0. The van der Waals surface area contributed by atoms with Gasteiger partial charge in [-0.15, -0.1) is 0 Å². The molecule has 2 aromatic carbocycles. The molecule has 0 aliphatic carbocycles. The highest BCUT2D eigenvalue weighted by Crippen LogP contribution is 2.28. The van der Waals surface area contributed by atoms with E-state index in [0.717, 1.165) is 12.1 Å². The minimum absolute atomic E-state index is 0.0698. The monoisotopic (exact) mass is 354 g/mol. The lowest BCUT2D eigenvalue weighted by Gasteiger charge is -2.28. The predicted molar refractivity (Wildman–Crippen MR) is 98.6 cm³/mol. The highest BCUT2D eigenvalue weighted by atomic mass is 16.5. The van der Waals surface area contributed by atoms with Crippen LogP contribution in [0, 0.1) is 0 Å². The van der Waals surface area contributed by atoms with E-state index in [0.29, 0.717) is 30.0 Å². The fourth-order valence-electron chi connectivity index (χ4n) is 3.02. The number of benzene rings is 2. The summed E-state index contributed by atoms with van der Waals surface area (Å²) in [4.78, 5) is 28.7. The van der Waals surface area contributed by atoms with Crippen molar-refractivity contribution in [2.75, 3.05) is 32.3 Å². The van der Waals surface area contributed by atoms with Gasteiger partial charge in [0.1, 0.15) is 18.2 Å². The number of carbonyl (C=O) groups excluding carboxylic acids is 2. The van der Waals surface area contributed by atoms with Crippen molar-refractivity contribution in [1.29, 1.82) is 0 Å². The summed E-state index contributed by atoms with van der Waals surface area (Å²) in [5.41, 5.74) is 1.15. The lowest BCUT2D eigenvalue weighted by molar-refractivity contribution is -0.127. The average molecular weight is 354 g/mol. The van der Waals surface area contributed by atoms with Crippen molar-refractivity contribution in [3.05, 3.63) is 54.1 Å². The van der Waals surface area contributed by atoms with Gasteiger partial charge >= 0.3 is 0 Å². The third kappa shape index (κ3) is 3.64. The van der Waals surface area contributed by atoms with Crippen molar-refractivity contribution in [1.82, 2.24) is 4.90 Å². The van der Waals surface area contributed by atoms with Crippen molar-refractivity contribution in [2.45, 2.75) is 12.8 Å². The Balaban J connectivity index is 1.96. The number of likely N-dealkylation sites (tertiary alicyclic amines) is 1. The van der Waals surface area contributed by atoms with Gasteiger partial charge in [-0.1, -0.05) is 18.2 Å². The second-order valence-electron chi connectivity index (χ2n) is 6.04. The minimum atomic E-state index is -0.226. The first-order valence-corrected chi connectivity index (χ1v) is 8.50. The molecule has 2 aromatic rings. The number of hydrogen-bond acceptors (Lipinski definition) is 4. The Kier molecular flexibility index (Phi) is 5.41. The van der Waals surface area contributed by atoms with Gasteiger partial charge in [0.05, 0.1) is 19.8 Å². The number of methoxy groups -OCH3 is 2. The minimum Gasteiger partial charge on any atom is -0.497 e. The van der Waals surface area contributed by atoms with Crippen molar-refractivity contribution >= 4 is 17.5 Å². The van der Waals surface area contributed by atoms with Crippen LogP contribution in [0.3, 0.4) is 0 Å². The molecule has 2 amide bonds. The second-order valence-corrected chi connectivity index (χ2v) is 6.04. The van der Waals surface area contributed by atoms with Crippen LogP contribution in [0.1, 0.15) is 23.2 Å². The molecular weight excluding hydrogens is 332 g/mol. The van der Waals surface area contributed by atoms with Gasteiger partial charge in [-0.2, -0.15) is 0 Å². The number of ether oxygens (including phenoxy) is 2. The molecule has 136 valence electrons. The van der Waals surface area contributed by atoms with Gasteiger partial charge in [-0.3, -0.25) is 14.5 Å². The van der Waals surface area contributed by atoms with Gasteiger partial charge in [0.25, 0.3) is 5.91 Å². The number of rotatable bonds is 6. The molecule has 1 heterocycles. The molecule has 6 nitrogen and oxygen atoms in total. The average Bonchev–Trinajstić information content (AvgIpc) is 3.10. The lowest BCUT2D eigenvalue weighted by atomic mass is 10.1. The molecule has 1 fully saturated rings. The smallest absolute Gasteiger partial charge is 0.263 e. The van der Waals surface area contributed by atoms with Crippen LogP contribution in [0.5, 0.6) is 11.5 Å². The number of amides is 2. The van der Waals surface area contributed by atoms with Crippen LogP contribution in [0.4, 0.5) is 5.69 Å². The largest absolute Gasteiger partial charge is 0.497 e. The van der Waals surface area contributed by atoms with Crippen LogP contribution in [0.25, 0.3) is 0 Å². The summed E-state index contributed by atoms with van der Waals surface area (Å²) in [5, 5.41) is 0. The van der Waals surface area contributed by atoms with Gasteiger partial charge in [-0.25, -0.2) is 0 Å². The zero-order valence-electron chi connectivity index (χ0n) is 15.0. The van der Waals surface area contributed by atoms with Crippen molar-refractivity contribution in [3.63, 3.8) is 0 Å². The molecule has 6 heteroatoms. The van der Waals surface area contributed by atoms with Crippen LogP contribution < -0.4 is 14.4 Å². The molecule has 0 N–H and O–H groups in total. The van der Waals surface area contributed by atoms with Crippen molar-refractivity contribution in [2.24, 2.45) is 0 Å². The van der Waals surface area contributed by atoms with Crippen LogP contribution in [0.2, 0.25) is 0 Å². The third-order valence-corrected chi connectivity index (χ3v) is 4.44. The van der Waals surface area contributed by atoms with E-state index in [1.807, 2.05) is 30.3 Å². The van der Waals surface area contributed by atoms with Gasteiger partial charge in [0.15, 0.2) is 0 Å². The molecule has 1 saturated heterocycles. The summed E-state index contributed by atoms with van der Waals surface area (Å²) < 4.78 is 10.6. The first-order chi connectivity index (χ1) is 12.6. The first-order valence-electron chi connectivity index (χ1n) is 8.50. The van der Waals surface area contributed by atoms with E-state index in [9.17, 15) is 9.59 Å². The molecule has 0 radical (unpaired) electrons. The van der Waals surface area contributed by atoms with Crippen LogP contribution >= 0.6 is 0 Å². The number of carbonyl (C=O) groups is 2. The molecule has 0 spiro atoms. The number of nitrogens with zero attached hydrogens (tertiary/aromatic N) is 2. The number of anilines is 1. The summed E-state index contributed by atoms with van der Waals surface area (Å²) in [6.07, 6.45) is 1.35. The van der Waals surface area contributed by atoms with Crippen LogP contribution in [0.15, 0.2) is 48.5 Å². The van der Waals surface area contributed by atoms with E-state index >= 15 is 0 Å². The summed E-state index contributed by atoms with van der Waals surface area (Å²) in [7, 11) is 3.08.